The molecule has 0 aliphatic heterocycles. The van der Waals surface area contributed by atoms with Crippen LogP contribution in [0.5, 0.6) is 0 Å². The third-order valence-corrected chi connectivity index (χ3v) is 11.0. The van der Waals surface area contributed by atoms with Gasteiger partial charge in [-0.3, -0.25) is 4.57 Å². The van der Waals surface area contributed by atoms with E-state index in [0.29, 0.717) is 5.95 Å². The van der Waals surface area contributed by atoms with Gasteiger partial charge in [0, 0.05) is 32.0 Å². The second kappa shape index (κ2) is 8.87. The molecule has 0 bridgehead atoms. The van der Waals surface area contributed by atoms with Crippen molar-refractivity contribution in [3.05, 3.63) is 139 Å². The Morgan fingerprint density at radius 3 is 2.18 bits per heavy atom. The Balaban J connectivity index is 1.35. The number of aromatic nitrogens is 3. The van der Waals surface area contributed by atoms with Crippen LogP contribution in [0.3, 0.4) is 0 Å². The Kier molecular flexibility index (Phi) is 4.94. The molecule has 6 aromatic carbocycles. The Morgan fingerprint density at radius 1 is 0.578 bits per heavy atom. The molecule has 0 spiro atoms. The van der Waals surface area contributed by atoms with E-state index in [-0.39, 0.29) is 5.41 Å². The smallest absolute Gasteiger partial charge is 0.235 e. The summed E-state index contributed by atoms with van der Waals surface area (Å²) < 4.78 is 3.61. The second-order valence-corrected chi connectivity index (χ2v) is 13.6. The van der Waals surface area contributed by atoms with Gasteiger partial charge in [0.1, 0.15) is 0 Å². The van der Waals surface area contributed by atoms with Crippen molar-refractivity contribution >= 4 is 64.9 Å². The quantitative estimate of drug-likeness (QED) is 0.200. The zero-order valence-corrected chi connectivity index (χ0v) is 25.7. The number of nitrogens with zero attached hydrogens (tertiary/aromatic N) is 3. The predicted octanol–water partition coefficient (Wildman–Crippen LogP) is 11.1. The van der Waals surface area contributed by atoms with Crippen molar-refractivity contribution in [2.45, 2.75) is 19.3 Å². The maximum Gasteiger partial charge on any atom is 0.235 e. The van der Waals surface area contributed by atoms with Crippen LogP contribution >= 0.6 is 11.3 Å². The molecule has 1 aliphatic rings. The van der Waals surface area contributed by atoms with Gasteiger partial charge in [0.15, 0.2) is 0 Å². The van der Waals surface area contributed by atoms with E-state index in [4.69, 9.17) is 9.97 Å². The lowest BCUT2D eigenvalue weighted by molar-refractivity contribution is 0.667. The normalized spacial score (nSPS) is 13.7. The highest BCUT2D eigenvalue weighted by molar-refractivity contribution is 7.23. The summed E-state index contributed by atoms with van der Waals surface area (Å²) in [6.45, 7) is 4.74. The van der Waals surface area contributed by atoms with Crippen LogP contribution in [0.4, 0.5) is 0 Å². The summed E-state index contributed by atoms with van der Waals surface area (Å²) in [6.07, 6.45) is 0. The maximum atomic E-state index is 5.46. The van der Waals surface area contributed by atoms with Gasteiger partial charge < -0.3 is 0 Å². The molecule has 212 valence electrons. The number of hydrogen-bond acceptors (Lipinski definition) is 3. The molecule has 9 aromatic rings. The Bertz CT molecular complexity index is 2690. The average molecular weight is 594 g/mol. The van der Waals surface area contributed by atoms with E-state index in [1.54, 1.807) is 0 Å². The lowest BCUT2D eigenvalue weighted by Crippen LogP contribution is -2.14. The molecule has 0 N–H and O–H groups in total. The van der Waals surface area contributed by atoms with Gasteiger partial charge in [-0.1, -0.05) is 129 Å². The molecule has 3 aromatic heterocycles. The number of thiophene rings is 1. The van der Waals surface area contributed by atoms with Gasteiger partial charge in [-0.2, -0.15) is 0 Å². The van der Waals surface area contributed by atoms with Crippen LogP contribution in [-0.4, -0.2) is 14.5 Å². The summed E-state index contributed by atoms with van der Waals surface area (Å²) in [5.74, 6) is 0.698. The van der Waals surface area contributed by atoms with E-state index in [1.807, 2.05) is 11.3 Å². The van der Waals surface area contributed by atoms with Crippen LogP contribution < -0.4 is 0 Å². The van der Waals surface area contributed by atoms with E-state index >= 15 is 0 Å². The SMILES string of the molecule is CC1(C)c2ccccc2-c2sc3c(ccc4c5ccccc5n(-c5nc(-c6cccc7ccccc67)c6ccccc6n5)c43)c21. The lowest BCUT2D eigenvalue weighted by Gasteiger charge is -2.21. The molecule has 0 atom stereocenters. The third kappa shape index (κ3) is 3.29. The minimum absolute atomic E-state index is 0.0737. The van der Waals surface area contributed by atoms with Gasteiger partial charge in [0.2, 0.25) is 5.95 Å². The zero-order valence-electron chi connectivity index (χ0n) is 24.9. The lowest BCUT2D eigenvalue weighted by atomic mass is 9.81. The molecular formula is C41H27N3S. The van der Waals surface area contributed by atoms with Crippen molar-refractivity contribution in [1.29, 1.82) is 0 Å². The Hall–Kier alpha value is -5.32. The number of hydrogen-bond donors (Lipinski definition) is 0. The van der Waals surface area contributed by atoms with Crippen molar-refractivity contribution in [3.8, 4) is 27.6 Å². The summed E-state index contributed by atoms with van der Waals surface area (Å²) in [5, 5.41) is 7.21. The minimum atomic E-state index is -0.0737. The van der Waals surface area contributed by atoms with E-state index in [9.17, 15) is 0 Å². The van der Waals surface area contributed by atoms with Gasteiger partial charge in [0.05, 0.1) is 26.9 Å². The first-order chi connectivity index (χ1) is 22.1. The van der Waals surface area contributed by atoms with Crippen LogP contribution in [0.25, 0.3) is 81.2 Å². The number of benzene rings is 6. The predicted molar refractivity (Wildman–Crippen MR) is 190 cm³/mol. The van der Waals surface area contributed by atoms with Crippen molar-refractivity contribution in [2.75, 3.05) is 0 Å². The molecule has 0 saturated carbocycles. The first kappa shape index (κ1) is 25.1. The number of rotatable bonds is 2. The summed E-state index contributed by atoms with van der Waals surface area (Å²) in [5.41, 5.74) is 9.43. The topological polar surface area (TPSA) is 30.7 Å². The van der Waals surface area contributed by atoms with Crippen LogP contribution in [0, 0.1) is 0 Å². The van der Waals surface area contributed by atoms with Crippen LogP contribution in [0.1, 0.15) is 25.0 Å². The van der Waals surface area contributed by atoms with Crippen LogP contribution in [0.2, 0.25) is 0 Å². The molecule has 0 radical (unpaired) electrons. The number of fused-ring (bicyclic) bond motifs is 11. The fourth-order valence-corrected chi connectivity index (χ4v) is 9.32. The third-order valence-electron chi connectivity index (χ3n) is 9.80. The largest absolute Gasteiger partial charge is 0.276 e. The summed E-state index contributed by atoms with van der Waals surface area (Å²) in [6, 6.07) is 45.7. The maximum absolute atomic E-state index is 5.46. The molecule has 3 heterocycles. The summed E-state index contributed by atoms with van der Waals surface area (Å²) in [7, 11) is 0. The molecule has 45 heavy (non-hydrogen) atoms. The first-order valence-corrected chi connectivity index (χ1v) is 16.3. The van der Waals surface area contributed by atoms with Gasteiger partial charge in [-0.15, -0.1) is 11.3 Å². The minimum Gasteiger partial charge on any atom is -0.276 e. The molecule has 0 unspecified atom stereocenters. The monoisotopic (exact) mass is 593 g/mol. The van der Waals surface area contributed by atoms with E-state index in [0.717, 1.165) is 27.7 Å². The Morgan fingerprint density at radius 2 is 1.27 bits per heavy atom. The fraction of sp³-hybridized carbons (Fsp3) is 0.0732. The summed E-state index contributed by atoms with van der Waals surface area (Å²) >= 11 is 1.91. The van der Waals surface area contributed by atoms with Crippen molar-refractivity contribution in [2.24, 2.45) is 0 Å². The second-order valence-electron chi connectivity index (χ2n) is 12.6. The molecule has 10 rings (SSSR count). The van der Waals surface area contributed by atoms with E-state index in [2.05, 4.69) is 146 Å². The van der Waals surface area contributed by atoms with Gasteiger partial charge >= 0.3 is 0 Å². The molecule has 0 amide bonds. The van der Waals surface area contributed by atoms with Crippen molar-refractivity contribution < 1.29 is 0 Å². The first-order valence-electron chi connectivity index (χ1n) is 15.4. The van der Waals surface area contributed by atoms with Crippen LogP contribution in [-0.2, 0) is 5.41 Å². The molecule has 1 aliphatic carbocycles. The molecule has 4 heteroatoms. The van der Waals surface area contributed by atoms with Crippen LogP contribution in [0.15, 0.2) is 127 Å². The zero-order chi connectivity index (χ0) is 29.9. The van der Waals surface area contributed by atoms with Gasteiger partial charge in [-0.25, -0.2) is 9.97 Å². The molecule has 0 fully saturated rings. The van der Waals surface area contributed by atoms with Crippen molar-refractivity contribution in [3.63, 3.8) is 0 Å². The number of para-hydroxylation sites is 2. The summed E-state index contributed by atoms with van der Waals surface area (Å²) in [4.78, 5) is 12.1. The fourth-order valence-electron chi connectivity index (χ4n) is 7.78. The Labute approximate surface area is 264 Å². The van der Waals surface area contributed by atoms with Gasteiger partial charge in [0.25, 0.3) is 0 Å². The molecule has 0 saturated heterocycles. The highest BCUT2D eigenvalue weighted by atomic mass is 32.1. The molecule has 3 nitrogen and oxygen atoms in total. The van der Waals surface area contributed by atoms with E-state index in [1.165, 1.54) is 58.7 Å². The van der Waals surface area contributed by atoms with Gasteiger partial charge in [-0.05, 0) is 45.0 Å². The average Bonchev–Trinajstić information content (AvgIpc) is 3.71. The highest BCUT2D eigenvalue weighted by Crippen LogP contribution is 2.56. The van der Waals surface area contributed by atoms with E-state index < -0.39 is 0 Å². The standard InChI is InChI=1S/C41H27N3S/c1-41(2)32-19-8-5-16-29(32)38-35(41)31-23-22-28-26-15-7-10-21-34(26)44(37(28)39(31)45-38)40-42-33-20-9-6-17-30(33)36(43-40)27-18-11-13-24-12-3-4-14-25(24)27/h3-23H,1-2H3. The highest BCUT2D eigenvalue weighted by Gasteiger charge is 2.39. The molecular weight excluding hydrogens is 567 g/mol. The van der Waals surface area contributed by atoms with Crippen molar-refractivity contribution in [1.82, 2.24) is 14.5 Å².